The Morgan fingerprint density at radius 1 is 1.00 bits per heavy atom. The highest BCUT2D eigenvalue weighted by atomic mass is 16.2. The molecule has 4 heteroatoms. The number of nitrogens with two attached hydrogens (primary N) is 1. The molecule has 1 aliphatic rings. The van der Waals surface area contributed by atoms with E-state index in [1.165, 1.54) is 16.3 Å². The molecule has 0 saturated carbocycles. The maximum Gasteiger partial charge on any atom is 0.223 e. The van der Waals surface area contributed by atoms with Gasteiger partial charge in [-0.2, -0.15) is 0 Å². The summed E-state index contributed by atoms with van der Waals surface area (Å²) in [5.41, 5.74) is 6.82. The van der Waals surface area contributed by atoms with Crippen molar-refractivity contribution in [3.63, 3.8) is 0 Å². The number of fused-ring (bicyclic) bond motifs is 1. The lowest BCUT2D eigenvalue weighted by molar-refractivity contribution is -0.132. The monoisotopic (exact) mass is 297 g/mol. The minimum atomic E-state index is 0.187. The van der Waals surface area contributed by atoms with Gasteiger partial charge in [0.15, 0.2) is 0 Å². The van der Waals surface area contributed by atoms with Gasteiger partial charge in [-0.15, -0.1) is 0 Å². The van der Waals surface area contributed by atoms with Crippen LogP contribution in [0.4, 0.5) is 0 Å². The number of rotatable bonds is 4. The van der Waals surface area contributed by atoms with E-state index < -0.39 is 0 Å². The van der Waals surface area contributed by atoms with Gasteiger partial charge in [0.2, 0.25) is 5.91 Å². The zero-order valence-electron chi connectivity index (χ0n) is 12.9. The van der Waals surface area contributed by atoms with Gasteiger partial charge >= 0.3 is 0 Å². The summed E-state index contributed by atoms with van der Waals surface area (Å²) in [5.74, 6) is 0.187. The molecule has 3 rings (SSSR count). The third-order valence-corrected chi connectivity index (χ3v) is 4.36. The third-order valence-electron chi connectivity index (χ3n) is 4.36. The molecule has 116 valence electrons. The van der Waals surface area contributed by atoms with Crippen LogP contribution >= 0.6 is 0 Å². The van der Waals surface area contributed by atoms with Crippen LogP contribution < -0.4 is 5.73 Å². The van der Waals surface area contributed by atoms with Gasteiger partial charge in [-0.1, -0.05) is 42.5 Å². The molecular weight excluding hydrogens is 274 g/mol. The van der Waals surface area contributed by atoms with Crippen molar-refractivity contribution in [1.82, 2.24) is 9.80 Å². The number of hydrogen-bond donors (Lipinski definition) is 1. The summed E-state index contributed by atoms with van der Waals surface area (Å²) in [6, 6.07) is 15.0. The first kappa shape index (κ1) is 15.0. The van der Waals surface area contributed by atoms with Crippen LogP contribution in [0.2, 0.25) is 0 Å². The summed E-state index contributed by atoms with van der Waals surface area (Å²) in [7, 11) is 0. The Kier molecular flexibility index (Phi) is 4.71. The van der Waals surface area contributed by atoms with E-state index in [-0.39, 0.29) is 5.91 Å². The summed E-state index contributed by atoms with van der Waals surface area (Å²) in [4.78, 5) is 16.2. The topological polar surface area (TPSA) is 49.6 Å². The number of hydrogen-bond acceptors (Lipinski definition) is 3. The van der Waals surface area contributed by atoms with Crippen LogP contribution in [-0.2, 0) is 11.3 Å². The summed E-state index contributed by atoms with van der Waals surface area (Å²) in [5, 5.41) is 2.61. The van der Waals surface area contributed by atoms with Gasteiger partial charge < -0.3 is 10.6 Å². The number of benzene rings is 2. The lowest BCUT2D eigenvalue weighted by atomic mass is 10.0. The Bertz CT molecular complexity index is 642. The van der Waals surface area contributed by atoms with Crippen molar-refractivity contribution in [2.45, 2.75) is 13.0 Å². The molecule has 0 aromatic heterocycles. The normalized spacial score (nSPS) is 16.1. The first-order valence-electron chi connectivity index (χ1n) is 7.95. The maximum absolute atomic E-state index is 11.9. The van der Waals surface area contributed by atoms with Crippen molar-refractivity contribution in [2.75, 3.05) is 32.7 Å². The van der Waals surface area contributed by atoms with E-state index in [2.05, 4.69) is 47.4 Å². The van der Waals surface area contributed by atoms with Crippen LogP contribution in [0.15, 0.2) is 42.5 Å². The number of nitrogens with zero attached hydrogens (tertiary/aromatic N) is 2. The number of carbonyl (C=O) groups is 1. The molecule has 4 nitrogen and oxygen atoms in total. The van der Waals surface area contributed by atoms with Crippen LogP contribution in [0, 0.1) is 0 Å². The minimum Gasteiger partial charge on any atom is -0.340 e. The molecule has 2 aromatic carbocycles. The van der Waals surface area contributed by atoms with Crippen LogP contribution in [0.3, 0.4) is 0 Å². The highest BCUT2D eigenvalue weighted by Gasteiger charge is 2.20. The zero-order chi connectivity index (χ0) is 15.4. The van der Waals surface area contributed by atoms with Crippen LogP contribution in [-0.4, -0.2) is 48.4 Å². The van der Waals surface area contributed by atoms with Crippen molar-refractivity contribution < 1.29 is 4.79 Å². The fraction of sp³-hybridized carbons (Fsp3) is 0.389. The van der Waals surface area contributed by atoms with Gasteiger partial charge in [0, 0.05) is 45.7 Å². The average molecular weight is 297 g/mol. The molecule has 22 heavy (non-hydrogen) atoms. The quantitative estimate of drug-likeness (QED) is 0.937. The standard InChI is InChI=1S/C18H23N3O/c19-9-8-18(22)21-12-10-20(11-13-21)14-16-6-3-5-15-4-1-2-7-17(15)16/h1-7H,8-14,19H2. The van der Waals surface area contributed by atoms with Gasteiger partial charge in [-0.3, -0.25) is 9.69 Å². The van der Waals surface area contributed by atoms with E-state index in [9.17, 15) is 4.79 Å². The molecule has 0 spiro atoms. The van der Waals surface area contributed by atoms with Crippen LogP contribution in [0.5, 0.6) is 0 Å². The number of amides is 1. The molecule has 1 fully saturated rings. The molecule has 0 atom stereocenters. The van der Waals surface area contributed by atoms with Crippen LogP contribution in [0.1, 0.15) is 12.0 Å². The number of carbonyl (C=O) groups excluding carboxylic acids is 1. The molecule has 2 N–H and O–H groups in total. The molecule has 2 aromatic rings. The molecular formula is C18H23N3O. The second-order valence-electron chi connectivity index (χ2n) is 5.83. The van der Waals surface area contributed by atoms with E-state index in [0.29, 0.717) is 13.0 Å². The molecule has 0 radical (unpaired) electrons. The Balaban J connectivity index is 1.64. The summed E-state index contributed by atoms with van der Waals surface area (Å²) < 4.78 is 0. The van der Waals surface area contributed by atoms with Crippen molar-refractivity contribution >= 4 is 16.7 Å². The number of piperazine rings is 1. The second-order valence-corrected chi connectivity index (χ2v) is 5.83. The predicted octanol–water partition coefficient (Wildman–Crippen LogP) is 1.83. The molecule has 0 bridgehead atoms. The summed E-state index contributed by atoms with van der Waals surface area (Å²) in [6.07, 6.45) is 0.462. The molecule has 0 aliphatic carbocycles. The highest BCUT2D eigenvalue weighted by Crippen LogP contribution is 2.20. The van der Waals surface area contributed by atoms with E-state index in [1.54, 1.807) is 0 Å². The zero-order valence-corrected chi connectivity index (χ0v) is 12.9. The van der Waals surface area contributed by atoms with E-state index >= 15 is 0 Å². The Labute approximate surface area is 131 Å². The third kappa shape index (κ3) is 3.29. The van der Waals surface area contributed by atoms with Crippen molar-refractivity contribution in [2.24, 2.45) is 5.73 Å². The van der Waals surface area contributed by atoms with Gasteiger partial charge in [-0.25, -0.2) is 0 Å². The van der Waals surface area contributed by atoms with Gasteiger partial charge in [0.05, 0.1) is 0 Å². The smallest absolute Gasteiger partial charge is 0.223 e. The lowest BCUT2D eigenvalue weighted by Crippen LogP contribution is -2.48. The van der Waals surface area contributed by atoms with Crippen molar-refractivity contribution in [3.05, 3.63) is 48.0 Å². The molecule has 1 amide bonds. The molecule has 1 aliphatic heterocycles. The minimum absolute atomic E-state index is 0.187. The SMILES string of the molecule is NCCC(=O)N1CCN(Cc2cccc3ccccc23)CC1. The molecule has 1 heterocycles. The first-order valence-corrected chi connectivity index (χ1v) is 7.95. The first-order chi connectivity index (χ1) is 10.8. The molecule has 0 unspecified atom stereocenters. The highest BCUT2D eigenvalue weighted by molar-refractivity contribution is 5.85. The summed E-state index contributed by atoms with van der Waals surface area (Å²) in [6.45, 7) is 4.86. The maximum atomic E-state index is 11.9. The van der Waals surface area contributed by atoms with Crippen molar-refractivity contribution in [3.8, 4) is 0 Å². The van der Waals surface area contributed by atoms with Gasteiger partial charge in [-0.05, 0) is 16.3 Å². The second kappa shape index (κ2) is 6.90. The largest absolute Gasteiger partial charge is 0.340 e. The average Bonchev–Trinajstić information content (AvgIpc) is 2.56. The predicted molar refractivity (Wildman–Crippen MR) is 89.5 cm³/mol. The van der Waals surface area contributed by atoms with E-state index in [0.717, 1.165) is 32.7 Å². The summed E-state index contributed by atoms with van der Waals surface area (Å²) >= 11 is 0. The fourth-order valence-electron chi connectivity index (χ4n) is 3.11. The Morgan fingerprint density at radius 2 is 1.73 bits per heavy atom. The van der Waals surface area contributed by atoms with Crippen molar-refractivity contribution in [1.29, 1.82) is 0 Å². The van der Waals surface area contributed by atoms with Gasteiger partial charge in [0.1, 0.15) is 0 Å². The van der Waals surface area contributed by atoms with Gasteiger partial charge in [0.25, 0.3) is 0 Å². The van der Waals surface area contributed by atoms with Crippen LogP contribution in [0.25, 0.3) is 10.8 Å². The Morgan fingerprint density at radius 3 is 2.50 bits per heavy atom. The van der Waals surface area contributed by atoms with E-state index in [1.807, 2.05) is 4.90 Å². The van der Waals surface area contributed by atoms with E-state index in [4.69, 9.17) is 5.73 Å². The molecule has 1 saturated heterocycles. The fourth-order valence-corrected chi connectivity index (χ4v) is 3.11. The Hall–Kier alpha value is -1.91. The lowest BCUT2D eigenvalue weighted by Gasteiger charge is -2.35.